The fourth-order valence-electron chi connectivity index (χ4n) is 2.07. The molecule has 1 unspecified atom stereocenters. The van der Waals surface area contributed by atoms with E-state index in [1.165, 1.54) is 0 Å². The number of piperazine rings is 1. The molecule has 1 N–H and O–H groups in total. The zero-order valence-electron chi connectivity index (χ0n) is 9.64. The van der Waals surface area contributed by atoms with Crippen LogP contribution in [0.15, 0.2) is 12.1 Å². The van der Waals surface area contributed by atoms with Crippen LogP contribution in [0.3, 0.4) is 0 Å². The van der Waals surface area contributed by atoms with E-state index in [9.17, 15) is 0 Å². The Labute approximate surface area is 117 Å². The smallest absolute Gasteiger partial charge is 0.0655 e. The van der Waals surface area contributed by atoms with Crippen molar-refractivity contribution in [2.24, 2.45) is 0 Å². The van der Waals surface area contributed by atoms with Crippen molar-refractivity contribution in [3.05, 3.63) is 27.2 Å². The predicted molar refractivity (Wildman–Crippen MR) is 75.8 cm³/mol. The lowest BCUT2D eigenvalue weighted by atomic mass is 10.1. The molecule has 0 aromatic heterocycles. The third-order valence-corrected chi connectivity index (χ3v) is 4.10. The number of nitrogens with one attached hydrogen (secondary N) is 1. The van der Waals surface area contributed by atoms with Crippen LogP contribution in [-0.4, -0.2) is 25.7 Å². The molecule has 2 nitrogen and oxygen atoms in total. The van der Waals surface area contributed by atoms with Crippen LogP contribution in [0, 0.1) is 0 Å². The number of hydrogen-bond acceptors (Lipinski definition) is 2. The number of rotatable bonds is 2. The number of anilines is 1. The number of halogens is 3. The predicted octanol–water partition coefficient (Wildman–Crippen LogP) is 3.84. The summed E-state index contributed by atoms with van der Waals surface area (Å²) in [5, 5.41) is 5.19. The van der Waals surface area contributed by atoms with E-state index in [1.807, 2.05) is 6.07 Å². The molecule has 0 bridgehead atoms. The van der Waals surface area contributed by atoms with Crippen LogP contribution in [-0.2, 0) is 0 Å². The summed E-state index contributed by atoms with van der Waals surface area (Å²) >= 11 is 18.2. The molecule has 1 aliphatic rings. The maximum atomic E-state index is 6.22. The van der Waals surface area contributed by atoms with Gasteiger partial charge in [0.1, 0.15) is 0 Å². The monoisotopic (exact) mass is 292 g/mol. The summed E-state index contributed by atoms with van der Waals surface area (Å²) in [4.78, 5) is 2.26. The molecule has 1 aromatic carbocycles. The van der Waals surface area contributed by atoms with Gasteiger partial charge in [-0.25, -0.2) is 0 Å². The zero-order valence-corrected chi connectivity index (χ0v) is 11.9. The second-order valence-electron chi connectivity index (χ2n) is 4.22. The van der Waals surface area contributed by atoms with Gasteiger partial charge in [0.2, 0.25) is 0 Å². The molecular formula is C12H15Cl3N2. The van der Waals surface area contributed by atoms with Gasteiger partial charge >= 0.3 is 0 Å². The van der Waals surface area contributed by atoms with Crippen molar-refractivity contribution in [1.82, 2.24) is 5.32 Å². The Morgan fingerprint density at radius 1 is 1.24 bits per heavy atom. The Morgan fingerprint density at radius 3 is 2.65 bits per heavy atom. The van der Waals surface area contributed by atoms with E-state index in [4.69, 9.17) is 34.8 Å². The zero-order chi connectivity index (χ0) is 12.4. The van der Waals surface area contributed by atoms with E-state index in [2.05, 4.69) is 17.1 Å². The second-order valence-corrected chi connectivity index (χ2v) is 5.44. The SMILES string of the molecule is CCC1CN(c2cc(Cl)c(Cl)cc2Cl)CCN1. The molecule has 0 saturated carbocycles. The third-order valence-electron chi connectivity index (χ3n) is 3.08. The minimum atomic E-state index is 0.502. The average molecular weight is 294 g/mol. The first-order valence-electron chi connectivity index (χ1n) is 5.74. The van der Waals surface area contributed by atoms with Gasteiger partial charge < -0.3 is 10.2 Å². The molecule has 2 rings (SSSR count). The van der Waals surface area contributed by atoms with Crippen molar-refractivity contribution in [1.29, 1.82) is 0 Å². The normalized spacial score (nSPS) is 20.7. The summed E-state index contributed by atoms with van der Waals surface area (Å²) < 4.78 is 0. The number of nitrogens with zero attached hydrogens (tertiary/aromatic N) is 1. The molecule has 17 heavy (non-hydrogen) atoms. The van der Waals surface area contributed by atoms with Crippen molar-refractivity contribution in [3.63, 3.8) is 0 Å². The van der Waals surface area contributed by atoms with Gasteiger partial charge in [0.15, 0.2) is 0 Å². The molecule has 1 heterocycles. The van der Waals surface area contributed by atoms with E-state index >= 15 is 0 Å². The first-order valence-corrected chi connectivity index (χ1v) is 6.88. The van der Waals surface area contributed by atoms with E-state index in [-0.39, 0.29) is 0 Å². The van der Waals surface area contributed by atoms with Crippen LogP contribution >= 0.6 is 34.8 Å². The van der Waals surface area contributed by atoms with Gasteiger partial charge in [-0.2, -0.15) is 0 Å². The van der Waals surface area contributed by atoms with Crippen LogP contribution in [0.1, 0.15) is 13.3 Å². The quantitative estimate of drug-likeness (QED) is 0.834. The molecule has 0 spiro atoms. The summed E-state index contributed by atoms with van der Waals surface area (Å²) in [5.41, 5.74) is 0.973. The summed E-state index contributed by atoms with van der Waals surface area (Å²) in [7, 11) is 0. The first-order chi connectivity index (χ1) is 8.11. The van der Waals surface area contributed by atoms with Gasteiger partial charge in [-0.05, 0) is 18.6 Å². The number of benzene rings is 1. The lowest BCUT2D eigenvalue weighted by Gasteiger charge is -2.35. The van der Waals surface area contributed by atoms with Crippen molar-refractivity contribution in [3.8, 4) is 0 Å². The van der Waals surface area contributed by atoms with Gasteiger partial charge in [-0.15, -0.1) is 0 Å². The molecule has 1 aromatic rings. The maximum absolute atomic E-state index is 6.22. The minimum Gasteiger partial charge on any atom is -0.367 e. The highest BCUT2D eigenvalue weighted by Gasteiger charge is 2.20. The lowest BCUT2D eigenvalue weighted by molar-refractivity contribution is 0.447. The van der Waals surface area contributed by atoms with E-state index < -0.39 is 0 Å². The van der Waals surface area contributed by atoms with Crippen molar-refractivity contribution in [2.75, 3.05) is 24.5 Å². The maximum Gasteiger partial charge on any atom is 0.0655 e. The molecule has 1 fully saturated rings. The van der Waals surface area contributed by atoms with E-state index in [1.54, 1.807) is 6.07 Å². The Hall–Kier alpha value is -0.150. The molecule has 94 valence electrons. The van der Waals surface area contributed by atoms with Crippen LogP contribution in [0.2, 0.25) is 15.1 Å². The third kappa shape index (κ3) is 3.00. The summed E-state index contributed by atoms with van der Waals surface area (Å²) in [5.74, 6) is 0. The lowest BCUT2D eigenvalue weighted by Crippen LogP contribution is -2.50. The van der Waals surface area contributed by atoms with Gasteiger partial charge in [0.25, 0.3) is 0 Å². The number of hydrogen-bond donors (Lipinski definition) is 1. The second kappa shape index (κ2) is 5.66. The highest BCUT2D eigenvalue weighted by Crippen LogP contribution is 2.34. The molecule has 1 aliphatic heterocycles. The molecule has 0 radical (unpaired) electrons. The molecular weight excluding hydrogens is 279 g/mol. The Kier molecular flexibility index (Phi) is 4.42. The molecule has 0 amide bonds. The average Bonchev–Trinajstić information content (AvgIpc) is 2.34. The van der Waals surface area contributed by atoms with Crippen LogP contribution in [0.25, 0.3) is 0 Å². The van der Waals surface area contributed by atoms with E-state index in [0.717, 1.165) is 31.7 Å². The highest BCUT2D eigenvalue weighted by atomic mass is 35.5. The summed E-state index contributed by atoms with van der Waals surface area (Å²) in [6.07, 6.45) is 1.11. The molecule has 1 atom stereocenters. The minimum absolute atomic E-state index is 0.502. The van der Waals surface area contributed by atoms with E-state index in [0.29, 0.717) is 21.1 Å². The Balaban J connectivity index is 2.24. The molecule has 5 heteroatoms. The largest absolute Gasteiger partial charge is 0.367 e. The fraction of sp³-hybridized carbons (Fsp3) is 0.500. The standard InChI is InChI=1S/C12H15Cl3N2/c1-2-8-7-17(4-3-16-8)12-6-10(14)9(13)5-11(12)15/h5-6,8,16H,2-4,7H2,1H3. The summed E-state index contributed by atoms with van der Waals surface area (Å²) in [6.45, 7) is 5.04. The summed E-state index contributed by atoms with van der Waals surface area (Å²) in [6, 6.07) is 4.07. The van der Waals surface area contributed by atoms with Crippen LogP contribution in [0.5, 0.6) is 0 Å². The van der Waals surface area contributed by atoms with Crippen LogP contribution in [0.4, 0.5) is 5.69 Å². The molecule has 1 saturated heterocycles. The Morgan fingerprint density at radius 2 is 1.94 bits per heavy atom. The topological polar surface area (TPSA) is 15.3 Å². The van der Waals surface area contributed by atoms with Gasteiger partial charge in [-0.1, -0.05) is 41.7 Å². The fourth-order valence-corrected chi connectivity index (χ4v) is 2.73. The van der Waals surface area contributed by atoms with Crippen molar-refractivity contribution in [2.45, 2.75) is 19.4 Å². The molecule has 0 aliphatic carbocycles. The van der Waals surface area contributed by atoms with Crippen LogP contribution < -0.4 is 10.2 Å². The van der Waals surface area contributed by atoms with Crippen molar-refractivity contribution >= 4 is 40.5 Å². The van der Waals surface area contributed by atoms with Gasteiger partial charge in [-0.3, -0.25) is 0 Å². The highest BCUT2D eigenvalue weighted by molar-refractivity contribution is 6.44. The van der Waals surface area contributed by atoms with Gasteiger partial charge in [0.05, 0.1) is 20.8 Å². The van der Waals surface area contributed by atoms with Gasteiger partial charge in [0, 0.05) is 25.7 Å². The van der Waals surface area contributed by atoms with Crippen molar-refractivity contribution < 1.29 is 0 Å². The Bertz CT molecular complexity index is 409. The first kappa shape index (κ1) is 13.3.